The van der Waals surface area contributed by atoms with E-state index in [1.807, 2.05) is 6.92 Å². The maximum absolute atomic E-state index is 12.3. The van der Waals surface area contributed by atoms with Gasteiger partial charge in [-0.2, -0.15) is 0 Å². The number of rotatable bonds is 4. The lowest BCUT2D eigenvalue weighted by molar-refractivity contribution is 0.0781. The molecule has 2 aromatic heterocycles. The molecule has 0 unspecified atom stereocenters. The Kier molecular flexibility index (Phi) is 3.79. The lowest BCUT2D eigenvalue weighted by atomic mass is 10.1. The van der Waals surface area contributed by atoms with Crippen LogP contribution in [0.1, 0.15) is 28.8 Å². The molecule has 100 valence electrons. The van der Waals surface area contributed by atoms with E-state index in [1.165, 1.54) is 0 Å². The Balaban J connectivity index is 2.16. The number of carbonyl (C=O) groups is 1. The predicted molar refractivity (Wildman–Crippen MR) is 72.4 cm³/mol. The lowest BCUT2D eigenvalue weighted by Gasteiger charge is -2.16. The van der Waals surface area contributed by atoms with Crippen molar-refractivity contribution in [2.75, 3.05) is 12.8 Å². The van der Waals surface area contributed by atoms with Crippen molar-refractivity contribution in [2.45, 2.75) is 19.9 Å². The van der Waals surface area contributed by atoms with Gasteiger partial charge in [0, 0.05) is 30.7 Å². The number of aryl methyl sites for hydroxylation is 1. The van der Waals surface area contributed by atoms with Crippen LogP contribution >= 0.6 is 0 Å². The Hall–Kier alpha value is -2.37. The summed E-state index contributed by atoms with van der Waals surface area (Å²) in [5.41, 5.74) is 7.08. The van der Waals surface area contributed by atoms with Gasteiger partial charge in [-0.3, -0.25) is 4.79 Å². The lowest BCUT2D eigenvalue weighted by Crippen LogP contribution is -2.27. The van der Waals surface area contributed by atoms with E-state index in [2.05, 4.69) is 15.0 Å². The van der Waals surface area contributed by atoms with Gasteiger partial charge in [0.1, 0.15) is 11.6 Å². The molecular formula is C13H17N5O. The highest BCUT2D eigenvalue weighted by molar-refractivity contribution is 5.94. The number of H-pyrrole nitrogens is 1. The Bertz CT molecular complexity index is 564. The average molecular weight is 259 g/mol. The van der Waals surface area contributed by atoms with Gasteiger partial charge >= 0.3 is 0 Å². The number of carbonyl (C=O) groups excluding carboxylic acids is 1. The van der Waals surface area contributed by atoms with E-state index in [-0.39, 0.29) is 5.91 Å². The molecule has 0 aliphatic rings. The molecule has 2 heterocycles. The summed E-state index contributed by atoms with van der Waals surface area (Å²) < 4.78 is 0. The molecule has 0 aliphatic heterocycles. The second-order valence-corrected chi connectivity index (χ2v) is 4.32. The SMILES string of the molecule is CCc1cc(C(=O)N(C)Cc2ncc[nH]2)cc(N)n1. The molecule has 19 heavy (non-hydrogen) atoms. The van der Waals surface area contributed by atoms with Crippen molar-refractivity contribution in [1.82, 2.24) is 19.9 Å². The monoisotopic (exact) mass is 259 g/mol. The molecule has 3 N–H and O–H groups in total. The van der Waals surface area contributed by atoms with Crippen LogP contribution in [0.2, 0.25) is 0 Å². The van der Waals surface area contributed by atoms with Gasteiger partial charge in [0.25, 0.3) is 5.91 Å². The molecule has 2 rings (SSSR count). The zero-order valence-corrected chi connectivity index (χ0v) is 11.1. The van der Waals surface area contributed by atoms with Crippen LogP contribution in [0.4, 0.5) is 5.82 Å². The summed E-state index contributed by atoms with van der Waals surface area (Å²) >= 11 is 0. The summed E-state index contributed by atoms with van der Waals surface area (Å²) in [6.07, 6.45) is 4.13. The van der Waals surface area contributed by atoms with Crippen LogP contribution in [-0.2, 0) is 13.0 Å². The van der Waals surface area contributed by atoms with Crippen LogP contribution < -0.4 is 5.73 Å². The molecule has 6 heteroatoms. The molecule has 0 spiro atoms. The fourth-order valence-electron chi connectivity index (χ4n) is 1.82. The largest absolute Gasteiger partial charge is 0.384 e. The quantitative estimate of drug-likeness (QED) is 0.864. The molecule has 0 saturated carbocycles. The summed E-state index contributed by atoms with van der Waals surface area (Å²) in [5, 5.41) is 0. The Labute approximate surface area is 111 Å². The predicted octanol–water partition coefficient (Wildman–Crippen LogP) is 1.22. The van der Waals surface area contributed by atoms with Crippen molar-refractivity contribution < 1.29 is 4.79 Å². The third-order valence-corrected chi connectivity index (χ3v) is 2.80. The maximum Gasteiger partial charge on any atom is 0.254 e. The number of nitrogens with zero attached hydrogens (tertiary/aromatic N) is 3. The smallest absolute Gasteiger partial charge is 0.254 e. The zero-order valence-electron chi connectivity index (χ0n) is 11.1. The number of nitrogens with two attached hydrogens (primary N) is 1. The molecule has 0 fully saturated rings. The van der Waals surface area contributed by atoms with E-state index in [0.717, 1.165) is 17.9 Å². The fourth-order valence-corrected chi connectivity index (χ4v) is 1.82. The average Bonchev–Trinajstić information content (AvgIpc) is 2.89. The van der Waals surface area contributed by atoms with Gasteiger partial charge in [-0.15, -0.1) is 0 Å². The first-order valence-corrected chi connectivity index (χ1v) is 6.10. The third-order valence-electron chi connectivity index (χ3n) is 2.80. The van der Waals surface area contributed by atoms with Crippen molar-refractivity contribution in [3.8, 4) is 0 Å². The van der Waals surface area contributed by atoms with E-state index in [0.29, 0.717) is 17.9 Å². The number of hydrogen-bond acceptors (Lipinski definition) is 4. The second-order valence-electron chi connectivity index (χ2n) is 4.32. The van der Waals surface area contributed by atoms with E-state index < -0.39 is 0 Å². The number of hydrogen-bond donors (Lipinski definition) is 2. The van der Waals surface area contributed by atoms with Crippen molar-refractivity contribution in [3.63, 3.8) is 0 Å². The maximum atomic E-state index is 12.3. The van der Waals surface area contributed by atoms with Gasteiger partial charge in [-0.05, 0) is 18.6 Å². The topological polar surface area (TPSA) is 87.9 Å². The number of pyridine rings is 1. The second kappa shape index (κ2) is 5.51. The Morgan fingerprint density at radius 3 is 2.89 bits per heavy atom. The molecule has 6 nitrogen and oxygen atoms in total. The fraction of sp³-hybridized carbons (Fsp3) is 0.308. The highest BCUT2D eigenvalue weighted by Gasteiger charge is 2.14. The van der Waals surface area contributed by atoms with Crippen molar-refractivity contribution in [1.29, 1.82) is 0 Å². The number of nitrogens with one attached hydrogen (secondary N) is 1. The van der Waals surface area contributed by atoms with Gasteiger partial charge in [-0.25, -0.2) is 9.97 Å². The summed E-state index contributed by atoms with van der Waals surface area (Å²) in [5.74, 6) is 1.02. The summed E-state index contributed by atoms with van der Waals surface area (Å²) in [6.45, 7) is 2.40. The van der Waals surface area contributed by atoms with E-state index in [9.17, 15) is 4.79 Å². The molecule has 2 aromatic rings. The first-order valence-electron chi connectivity index (χ1n) is 6.10. The molecule has 0 bridgehead atoms. The zero-order chi connectivity index (χ0) is 13.8. The molecular weight excluding hydrogens is 242 g/mol. The van der Waals surface area contributed by atoms with E-state index >= 15 is 0 Å². The van der Waals surface area contributed by atoms with Gasteiger partial charge in [0.2, 0.25) is 0 Å². The highest BCUT2D eigenvalue weighted by atomic mass is 16.2. The van der Waals surface area contributed by atoms with Crippen LogP contribution in [-0.4, -0.2) is 32.8 Å². The van der Waals surface area contributed by atoms with Crippen LogP contribution in [0, 0.1) is 0 Å². The number of amides is 1. The molecule has 0 aliphatic carbocycles. The molecule has 0 saturated heterocycles. The van der Waals surface area contributed by atoms with Crippen LogP contribution in [0.5, 0.6) is 0 Å². The summed E-state index contributed by atoms with van der Waals surface area (Å²) in [4.78, 5) is 25.1. The van der Waals surface area contributed by atoms with Gasteiger partial charge < -0.3 is 15.6 Å². The van der Waals surface area contributed by atoms with Crippen LogP contribution in [0.3, 0.4) is 0 Å². The molecule has 1 amide bonds. The Morgan fingerprint density at radius 2 is 2.26 bits per heavy atom. The summed E-state index contributed by atoms with van der Waals surface area (Å²) in [6, 6.07) is 3.37. The van der Waals surface area contributed by atoms with Crippen LogP contribution in [0.25, 0.3) is 0 Å². The number of nitrogen functional groups attached to an aromatic ring is 1. The standard InChI is InChI=1S/C13H17N5O/c1-3-10-6-9(7-11(14)17-10)13(19)18(2)8-12-15-4-5-16-12/h4-7H,3,8H2,1-2H3,(H2,14,17)(H,15,16). The van der Waals surface area contributed by atoms with Crippen molar-refractivity contribution in [2.24, 2.45) is 0 Å². The molecule has 0 atom stereocenters. The minimum absolute atomic E-state index is 0.0970. The van der Waals surface area contributed by atoms with Gasteiger partial charge in [0.15, 0.2) is 0 Å². The Morgan fingerprint density at radius 1 is 1.47 bits per heavy atom. The normalized spacial score (nSPS) is 10.4. The third kappa shape index (κ3) is 3.09. The minimum Gasteiger partial charge on any atom is -0.384 e. The summed E-state index contributed by atoms with van der Waals surface area (Å²) in [7, 11) is 1.73. The molecule has 0 radical (unpaired) electrons. The highest BCUT2D eigenvalue weighted by Crippen LogP contribution is 2.11. The van der Waals surface area contributed by atoms with Crippen molar-refractivity contribution >= 4 is 11.7 Å². The van der Waals surface area contributed by atoms with Crippen LogP contribution in [0.15, 0.2) is 24.5 Å². The van der Waals surface area contributed by atoms with Gasteiger partial charge in [0.05, 0.1) is 6.54 Å². The minimum atomic E-state index is -0.0970. The number of imidazole rings is 1. The number of anilines is 1. The number of aromatic amines is 1. The number of aromatic nitrogens is 3. The van der Waals surface area contributed by atoms with E-state index in [4.69, 9.17) is 5.73 Å². The van der Waals surface area contributed by atoms with Crippen molar-refractivity contribution in [3.05, 3.63) is 41.6 Å². The van der Waals surface area contributed by atoms with Gasteiger partial charge in [-0.1, -0.05) is 6.92 Å². The first-order chi connectivity index (χ1) is 9.10. The first kappa shape index (κ1) is 13.1. The molecule has 0 aromatic carbocycles. The van der Waals surface area contributed by atoms with E-state index in [1.54, 1.807) is 36.5 Å².